The lowest BCUT2D eigenvalue weighted by Crippen LogP contribution is -2.39. The van der Waals surface area contributed by atoms with Gasteiger partial charge in [0, 0.05) is 11.4 Å². The van der Waals surface area contributed by atoms with Crippen molar-refractivity contribution in [3.63, 3.8) is 0 Å². The Morgan fingerprint density at radius 2 is 1.85 bits per heavy atom. The molecule has 0 aromatic carbocycles. The molecule has 0 bridgehead atoms. The number of nitrogens with zero attached hydrogens (tertiary/aromatic N) is 1. The molecule has 0 fully saturated rings. The number of ether oxygens (including phenoxy) is 1. The first kappa shape index (κ1) is 19.0. The molecule has 4 heteroatoms. The molecule has 20 heavy (non-hydrogen) atoms. The summed E-state index contributed by atoms with van der Waals surface area (Å²) >= 11 is 1.72. The Morgan fingerprint density at radius 1 is 1.25 bits per heavy atom. The van der Waals surface area contributed by atoms with Crippen LogP contribution >= 0.6 is 11.3 Å². The maximum atomic E-state index is 11.9. The van der Waals surface area contributed by atoms with Gasteiger partial charge in [-0.15, -0.1) is 11.3 Å². The van der Waals surface area contributed by atoms with Crippen molar-refractivity contribution in [3.05, 3.63) is 21.9 Å². The van der Waals surface area contributed by atoms with E-state index in [0.717, 1.165) is 13.0 Å². The summed E-state index contributed by atoms with van der Waals surface area (Å²) in [6, 6.07) is 2.15. The molecule has 0 aliphatic carbocycles. The van der Waals surface area contributed by atoms with Gasteiger partial charge in [0.2, 0.25) is 0 Å². The molecule has 0 spiro atoms. The highest BCUT2D eigenvalue weighted by atomic mass is 32.1. The average Bonchev–Trinajstić information content (AvgIpc) is 2.88. The van der Waals surface area contributed by atoms with Crippen molar-refractivity contribution in [2.45, 2.75) is 67.0 Å². The predicted molar refractivity (Wildman–Crippen MR) is 87.4 cm³/mol. The normalized spacial score (nSPS) is 13.2. The minimum absolute atomic E-state index is 0.202. The Hall–Kier alpha value is -1.03. The second-order valence-corrected chi connectivity index (χ2v) is 6.02. The third-order valence-electron chi connectivity index (χ3n) is 2.47. The predicted octanol–water partition coefficient (Wildman–Crippen LogP) is 5.09. The summed E-state index contributed by atoms with van der Waals surface area (Å²) in [7, 11) is 0. The van der Waals surface area contributed by atoms with E-state index in [1.54, 1.807) is 16.2 Å². The lowest BCUT2D eigenvalue weighted by Gasteiger charge is -2.29. The Bertz CT molecular complexity index is 393. The second-order valence-electron chi connectivity index (χ2n) is 5.02. The van der Waals surface area contributed by atoms with Gasteiger partial charge in [-0.1, -0.05) is 27.7 Å². The van der Waals surface area contributed by atoms with E-state index in [4.69, 9.17) is 4.74 Å². The third-order valence-corrected chi connectivity index (χ3v) is 3.42. The number of carbonyl (C=O) groups is 1. The number of fused-ring (bicyclic) bond motifs is 1. The molecule has 1 aliphatic heterocycles. The molecule has 2 heterocycles. The van der Waals surface area contributed by atoms with Gasteiger partial charge in [0.1, 0.15) is 5.60 Å². The fourth-order valence-electron chi connectivity index (χ4n) is 1.72. The Labute approximate surface area is 127 Å². The maximum Gasteiger partial charge on any atom is 0.410 e. The van der Waals surface area contributed by atoms with Crippen LogP contribution in [0.2, 0.25) is 0 Å². The summed E-state index contributed by atoms with van der Waals surface area (Å²) in [6.45, 7) is 15.1. The molecule has 3 nitrogen and oxygen atoms in total. The van der Waals surface area contributed by atoms with Crippen LogP contribution in [0.15, 0.2) is 11.4 Å². The van der Waals surface area contributed by atoms with Gasteiger partial charge in [-0.3, -0.25) is 0 Å². The van der Waals surface area contributed by atoms with Gasteiger partial charge in [-0.25, -0.2) is 4.79 Å². The van der Waals surface area contributed by atoms with E-state index in [1.807, 2.05) is 48.5 Å². The van der Waals surface area contributed by atoms with E-state index < -0.39 is 5.60 Å². The molecule has 0 unspecified atom stereocenters. The lowest BCUT2D eigenvalue weighted by atomic mass is 10.1. The van der Waals surface area contributed by atoms with Gasteiger partial charge in [0.15, 0.2) is 0 Å². The van der Waals surface area contributed by atoms with Crippen LogP contribution in [0.3, 0.4) is 0 Å². The molecule has 0 N–H and O–H groups in total. The van der Waals surface area contributed by atoms with E-state index in [-0.39, 0.29) is 6.09 Å². The summed E-state index contributed by atoms with van der Waals surface area (Å²) in [5.41, 5.74) is 0.970. The Kier molecular flexibility index (Phi) is 8.54. The number of thiophene rings is 1. The van der Waals surface area contributed by atoms with Gasteiger partial charge >= 0.3 is 6.09 Å². The molecule has 1 amide bonds. The zero-order chi connectivity index (χ0) is 15.8. The Morgan fingerprint density at radius 3 is 2.40 bits per heavy atom. The monoisotopic (exact) mass is 299 g/mol. The van der Waals surface area contributed by atoms with Crippen LogP contribution in [0.5, 0.6) is 0 Å². The van der Waals surface area contributed by atoms with Crippen molar-refractivity contribution < 1.29 is 9.53 Å². The zero-order valence-corrected chi connectivity index (χ0v) is 14.8. The zero-order valence-electron chi connectivity index (χ0n) is 13.9. The molecular formula is C16H29NO2S. The molecule has 1 aromatic rings. The van der Waals surface area contributed by atoms with Crippen LogP contribution in [0, 0.1) is 0 Å². The van der Waals surface area contributed by atoms with Crippen LogP contribution in [-0.2, 0) is 17.7 Å². The van der Waals surface area contributed by atoms with Crippen molar-refractivity contribution >= 4 is 17.4 Å². The fraction of sp³-hybridized carbons (Fsp3) is 0.688. The van der Waals surface area contributed by atoms with Gasteiger partial charge in [0.05, 0.1) is 6.54 Å². The number of amides is 1. The molecule has 0 saturated heterocycles. The molecular weight excluding hydrogens is 270 g/mol. The van der Waals surface area contributed by atoms with Crippen LogP contribution < -0.4 is 0 Å². The topological polar surface area (TPSA) is 29.5 Å². The summed E-state index contributed by atoms with van der Waals surface area (Å²) < 4.78 is 5.36. The van der Waals surface area contributed by atoms with Crippen molar-refractivity contribution in [1.82, 2.24) is 4.90 Å². The standard InChI is InChI=1S/C12H17NO2S.2C2H6/c1-12(2,3)15-11(14)13-6-4-9-5-7-16-10(9)8-13;2*1-2/h5,7H,4,6,8H2,1-3H3;2*1-2H3. The van der Waals surface area contributed by atoms with Gasteiger partial charge < -0.3 is 9.64 Å². The van der Waals surface area contributed by atoms with E-state index in [2.05, 4.69) is 11.4 Å². The van der Waals surface area contributed by atoms with Gasteiger partial charge in [0.25, 0.3) is 0 Å². The van der Waals surface area contributed by atoms with Crippen LogP contribution in [-0.4, -0.2) is 23.1 Å². The maximum absolute atomic E-state index is 11.9. The SMILES string of the molecule is CC.CC.CC(C)(C)OC(=O)N1CCc2ccsc2C1. The van der Waals surface area contributed by atoms with E-state index in [9.17, 15) is 4.79 Å². The van der Waals surface area contributed by atoms with E-state index in [1.165, 1.54) is 10.4 Å². The first-order valence-electron chi connectivity index (χ1n) is 7.49. The van der Waals surface area contributed by atoms with E-state index in [0.29, 0.717) is 6.54 Å². The molecule has 1 aliphatic rings. The summed E-state index contributed by atoms with van der Waals surface area (Å²) in [5, 5.41) is 2.09. The van der Waals surface area contributed by atoms with Crippen molar-refractivity contribution in [2.75, 3.05) is 6.54 Å². The van der Waals surface area contributed by atoms with Gasteiger partial charge in [-0.05, 0) is 44.2 Å². The highest BCUT2D eigenvalue weighted by Crippen LogP contribution is 2.25. The molecule has 0 atom stereocenters. The van der Waals surface area contributed by atoms with Crippen LogP contribution in [0.1, 0.15) is 58.9 Å². The molecule has 1 aromatic heterocycles. The number of rotatable bonds is 0. The highest BCUT2D eigenvalue weighted by Gasteiger charge is 2.25. The largest absolute Gasteiger partial charge is 0.444 e. The molecule has 116 valence electrons. The molecule has 0 radical (unpaired) electrons. The lowest BCUT2D eigenvalue weighted by molar-refractivity contribution is 0.0226. The first-order valence-corrected chi connectivity index (χ1v) is 8.37. The second kappa shape index (κ2) is 9.01. The van der Waals surface area contributed by atoms with Crippen LogP contribution in [0.25, 0.3) is 0 Å². The quantitative estimate of drug-likeness (QED) is 0.667. The first-order chi connectivity index (χ1) is 9.46. The van der Waals surface area contributed by atoms with E-state index >= 15 is 0 Å². The van der Waals surface area contributed by atoms with Crippen molar-refractivity contribution in [1.29, 1.82) is 0 Å². The van der Waals surface area contributed by atoms with Crippen molar-refractivity contribution in [3.8, 4) is 0 Å². The highest BCUT2D eigenvalue weighted by molar-refractivity contribution is 7.10. The summed E-state index contributed by atoms with van der Waals surface area (Å²) in [5.74, 6) is 0. The minimum atomic E-state index is -0.410. The number of hydrogen-bond donors (Lipinski definition) is 0. The minimum Gasteiger partial charge on any atom is -0.444 e. The summed E-state index contributed by atoms with van der Waals surface area (Å²) in [6.07, 6.45) is 0.740. The van der Waals surface area contributed by atoms with Crippen molar-refractivity contribution in [2.24, 2.45) is 0 Å². The number of hydrogen-bond acceptors (Lipinski definition) is 3. The third kappa shape index (κ3) is 5.95. The summed E-state index contributed by atoms with van der Waals surface area (Å²) in [4.78, 5) is 14.9. The Balaban J connectivity index is 0.000000829. The smallest absolute Gasteiger partial charge is 0.410 e. The molecule has 2 rings (SSSR count). The average molecular weight is 299 g/mol. The molecule has 0 saturated carbocycles. The fourth-order valence-corrected chi connectivity index (χ4v) is 2.67. The van der Waals surface area contributed by atoms with Crippen LogP contribution in [0.4, 0.5) is 4.79 Å². The van der Waals surface area contributed by atoms with Gasteiger partial charge in [-0.2, -0.15) is 0 Å². The number of carbonyl (C=O) groups excluding carboxylic acids is 1.